The minimum atomic E-state index is 0.332. The summed E-state index contributed by atoms with van der Waals surface area (Å²) in [6, 6.07) is 10.5. The highest BCUT2D eigenvalue weighted by molar-refractivity contribution is 7.81. The molecule has 0 aliphatic carbocycles. The molecule has 0 heterocycles. The Labute approximate surface area is 124 Å². The minimum absolute atomic E-state index is 0.332. The molecule has 0 saturated carbocycles. The SMILES string of the molecule is CCCCCCCCCC(S)N(C)c1ccccc1. The van der Waals surface area contributed by atoms with Crippen molar-refractivity contribution in [1.82, 2.24) is 0 Å². The molecule has 0 spiro atoms. The lowest BCUT2D eigenvalue weighted by Crippen LogP contribution is -2.26. The predicted octanol–water partition coefficient (Wildman–Crippen LogP) is 5.52. The van der Waals surface area contributed by atoms with Crippen molar-refractivity contribution >= 4 is 18.3 Å². The van der Waals surface area contributed by atoms with Crippen molar-refractivity contribution < 1.29 is 0 Å². The van der Waals surface area contributed by atoms with Crippen molar-refractivity contribution in [3.05, 3.63) is 30.3 Å². The Morgan fingerprint density at radius 3 is 2.16 bits per heavy atom. The van der Waals surface area contributed by atoms with Crippen LogP contribution in [0.4, 0.5) is 5.69 Å². The third kappa shape index (κ3) is 6.91. The molecule has 1 aromatic carbocycles. The van der Waals surface area contributed by atoms with Crippen LogP contribution in [-0.2, 0) is 0 Å². The number of rotatable bonds is 10. The summed E-state index contributed by atoms with van der Waals surface area (Å²) in [5, 5.41) is 0.332. The fourth-order valence-corrected chi connectivity index (χ4v) is 2.63. The van der Waals surface area contributed by atoms with Gasteiger partial charge in [0.25, 0.3) is 0 Å². The normalized spacial score (nSPS) is 12.4. The van der Waals surface area contributed by atoms with E-state index in [-0.39, 0.29) is 0 Å². The highest BCUT2D eigenvalue weighted by Crippen LogP contribution is 2.20. The average Bonchev–Trinajstić information content (AvgIpc) is 2.46. The van der Waals surface area contributed by atoms with Crippen LogP contribution in [0.5, 0.6) is 0 Å². The van der Waals surface area contributed by atoms with Gasteiger partial charge >= 0.3 is 0 Å². The van der Waals surface area contributed by atoms with Crippen LogP contribution in [0.1, 0.15) is 58.3 Å². The van der Waals surface area contributed by atoms with Gasteiger partial charge in [-0.2, -0.15) is 12.6 Å². The fourth-order valence-electron chi connectivity index (χ4n) is 2.31. The van der Waals surface area contributed by atoms with E-state index in [9.17, 15) is 0 Å². The molecule has 0 aliphatic heterocycles. The van der Waals surface area contributed by atoms with E-state index in [1.54, 1.807) is 0 Å². The molecule has 1 aromatic rings. The zero-order valence-electron chi connectivity index (χ0n) is 12.5. The van der Waals surface area contributed by atoms with E-state index in [0.717, 1.165) is 0 Å². The van der Waals surface area contributed by atoms with Crippen molar-refractivity contribution in [1.29, 1.82) is 0 Å². The molecule has 0 fully saturated rings. The van der Waals surface area contributed by atoms with Gasteiger partial charge in [0.2, 0.25) is 0 Å². The standard InChI is InChI=1S/C17H29NS/c1-3-4-5-6-7-8-12-15-17(19)18(2)16-13-10-9-11-14-16/h9-11,13-14,17,19H,3-8,12,15H2,1-2H3. The lowest BCUT2D eigenvalue weighted by molar-refractivity contribution is 0.568. The second-order valence-electron chi connectivity index (χ2n) is 5.34. The van der Waals surface area contributed by atoms with Gasteiger partial charge in [-0.25, -0.2) is 0 Å². The number of thiol groups is 1. The minimum Gasteiger partial charge on any atom is -0.363 e. The van der Waals surface area contributed by atoms with E-state index in [2.05, 4.69) is 49.2 Å². The Balaban J connectivity index is 2.12. The van der Waals surface area contributed by atoms with Crippen LogP contribution in [0, 0.1) is 0 Å². The first-order valence-electron chi connectivity index (χ1n) is 7.71. The summed E-state index contributed by atoms with van der Waals surface area (Å²) in [5.74, 6) is 0. The van der Waals surface area contributed by atoms with Crippen LogP contribution >= 0.6 is 12.6 Å². The molecule has 0 bridgehead atoms. The number of benzene rings is 1. The Morgan fingerprint density at radius 1 is 0.947 bits per heavy atom. The Hall–Kier alpha value is -0.630. The summed E-state index contributed by atoms with van der Waals surface area (Å²) >= 11 is 4.72. The first-order valence-corrected chi connectivity index (χ1v) is 8.23. The van der Waals surface area contributed by atoms with Gasteiger partial charge < -0.3 is 4.90 Å². The van der Waals surface area contributed by atoms with E-state index in [1.807, 2.05) is 0 Å². The summed E-state index contributed by atoms with van der Waals surface area (Å²) < 4.78 is 0. The summed E-state index contributed by atoms with van der Waals surface area (Å²) in [4.78, 5) is 2.26. The quantitative estimate of drug-likeness (QED) is 0.335. The van der Waals surface area contributed by atoms with Crippen molar-refractivity contribution in [2.75, 3.05) is 11.9 Å². The molecule has 1 unspecified atom stereocenters. The number of anilines is 1. The van der Waals surface area contributed by atoms with Gasteiger partial charge in [-0.1, -0.05) is 70.1 Å². The molecule has 0 aliphatic rings. The van der Waals surface area contributed by atoms with E-state index in [4.69, 9.17) is 12.6 Å². The van der Waals surface area contributed by atoms with Crippen molar-refractivity contribution in [2.45, 2.75) is 63.7 Å². The van der Waals surface area contributed by atoms with Gasteiger partial charge in [-0.3, -0.25) is 0 Å². The number of nitrogens with zero attached hydrogens (tertiary/aromatic N) is 1. The summed E-state index contributed by atoms with van der Waals surface area (Å²) in [5.41, 5.74) is 1.26. The largest absolute Gasteiger partial charge is 0.363 e. The van der Waals surface area contributed by atoms with Crippen LogP contribution < -0.4 is 4.90 Å². The van der Waals surface area contributed by atoms with Crippen molar-refractivity contribution in [2.24, 2.45) is 0 Å². The monoisotopic (exact) mass is 279 g/mol. The molecule has 1 nitrogen and oxygen atoms in total. The highest BCUT2D eigenvalue weighted by atomic mass is 32.1. The van der Waals surface area contributed by atoms with Crippen molar-refractivity contribution in [3.8, 4) is 0 Å². The van der Waals surface area contributed by atoms with Crippen LogP contribution in [-0.4, -0.2) is 12.4 Å². The molecule has 0 saturated heterocycles. The highest BCUT2D eigenvalue weighted by Gasteiger charge is 2.09. The molecule has 1 rings (SSSR count). The molecule has 1 atom stereocenters. The molecule has 0 aromatic heterocycles. The Kier molecular flexibility index (Phi) is 8.81. The maximum atomic E-state index is 4.72. The number of unbranched alkanes of at least 4 members (excludes halogenated alkanes) is 6. The molecule has 2 heteroatoms. The lowest BCUT2D eigenvalue weighted by atomic mass is 10.1. The first kappa shape index (κ1) is 16.4. The summed E-state index contributed by atoms with van der Waals surface area (Å²) in [6.45, 7) is 2.27. The maximum absolute atomic E-state index is 4.72. The van der Waals surface area contributed by atoms with E-state index < -0.39 is 0 Å². The van der Waals surface area contributed by atoms with E-state index in [1.165, 1.54) is 57.1 Å². The first-order chi connectivity index (χ1) is 9.25. The van der Waals surface area contributed by atoms with Crippen LogP contribution in [0.2, 0.25) is 0 Å². The molecular weight excluding hydrogens is 250 g/mol. The average molecular weight is 279 g/mol. The maximum Gasteiger partial charge on any atom is 0.0718 e. The molecule has 0 amide bonds. The molecule has 0 N–H and O–H groups in total. The smallest absolute Gasteiger partial charge is 0.0718 e. The third-order valence-corrected chi connectivity index (χ3v) is 4.28. The lowest BCUT2D eigenvalue weighted by Gasteiger charge is -2.26. The zero-order chi connectivity index (χ0) is 13.9. The van der Waals surface area contributed by atoms with Crippen LogP contribution in [0.15, 0.2) is 30.3 Å². The van der Waals surface area contributed by atoms with Gasteiger partial charge in [0.05, 0.1) is 5.37 Å². The fraction of sp³-hybridized carbons (Fsp3) is 0.647. The van der Waals surface area contributed by atoms with Gasteiger partial charge in [0.1, 0.15) is 0 Å². The Morgan fingerprint density at radius 2 is 1.53 bits per heavy atom. The second kappa shape index (κ2) is 10.2. The molecule has 108 valence electrons. The van der Waals surface area contributed by atoms with Gasteiger partial charge in [0.15, 0.2) is 0 Å². The molecular formula is C17H29NS. The summed E-state index contributed by atoms with van der Waals surface area (Å²) in [6.07, 6.45) is 10.7. The molecule has 0 radical (unpaired) electrons. The van der Waals surface area contributed by atoms with E-state index in [0.29, 0.717) is 5.37 Å². The van der Waals surface area contributed by atoms with Crippen LogP contribution in [0.3, 0.4) is 0 Å². The number of hydrogen-bond donors (Lipinski definition) is 1. The second-order valence-corrected chi connectivity index (χ2v) is 5.93. The van der Waals surface area contributed by atoms with E-state index >= 15 is 0 Å². The third-order valence-electron chi connectivity index (χ3n) is 3.68. The number of para-hydroxylation sites is 1. The van der Waals surface area contributed by atoms with Gasteiger partial charge in [-0.15, -0.1) is 0 Å². The Bertz CT molecular complexity index is 312. The van der Waals surface area contributed by atoms with Crippen LogP contribution in [0.25, 0.3) is 0 Å². The van der Waals surface area contributed by atoms with Gasteiger partial charge in [-0.05, 0) is 18.6 Å². The molecule has 19 heavy (non-hydrogen) atoms. The van der Waals surface area contributed by atoms with Gasteiger partial charge in [0, 0.05) is 12.7 Å². The number of hydrogen-bond acceptors (Lipinski definition) is 2. The summed E-state index contributed by atoms with van der Waals surface area (Å²) in [7, 11) is 2.13. The zero-order valence-corrected chi connectivity index (χ0v) is 13.4. The predicted molar refractivity (Wildman–Crippen MR) is 90.2 cm³/mol. The van der Waals surface area contributed by atoms with Crippen molar-refractivity contribution in [3.63, 3.8) is 0 Å². The topological polar surface area (TPSA) is 3.24 Å².